The summed E-state index contributed by atoms with van der Waals surface area (Å²) in [5, 5.41) is 16.6. The smallest absolute Gasteiger partial charge is 0.303 e. The molecule has 5 heteroatoms. The summed E-state index contributed by atoms with van der Waals surface area (Å²) < 4.78 is 0.781. The third kappa shape index (κ3) is 7.71. The van der Waals surface area contributed by atoms with Crippen molar-refractivity contribution in [1.29, 1.82) is 5.41 Å². The average molecular weight is 275 g/mol. The van der Waals surface area contributed by atoms with Gasteiger partial charge in [0.15, 0.2) is 0 Å². The van der Waals surface area contributed by atoms with Gasteiger partial charge < -0.3 is 5.11 Å². The zero-order chi connectivity index (χ0) is 12.5. The zero-order valence-corrected chi connectivity index (χ0v) is 11.7. The van der Waals surface area contributed by atoms with Crippen LogP contribution in [0.5, 0.6) is 0 Å². The molecule has 0 bridgehead atoms. The Hall–Kier alpha value is -0.160. The lowest BCUT2D eigenvalue weighted by Crippen LogP contribution is -2.00. The van der Waals surface area contributed by atoms with Crippen LogP contribution in [0.3, 0.4) is 0 Å². The van der Waals surface area contributed by atoms with E-state index in [2.05, 4.69) is 0 Å². The van der Waals surface area contributed by atoms with Crippen LogP contribution in [0.4, 0.5) is 0 Å². The Bertz CT molecular complexity index is 259. The minimum atomic E-state index is -0.678. The standard InChI is InChI=1S/C12H21NO2S2/c13-12-16-9-10(17-12)7-5-3-1-2-4-6-8-11(14)15/h10,13H,1-9H2,(H,14,15). The van der Waals surface area contributed by atoms with Crippen LogP contribution in [0.15, 0.2) is 0 Å². The zero-order valence-electron chi connectivity index (χ0n) is 10.1. The lowest BCUT2D eigenvalue weighted by molar-refractivity contribution is -0.137. The third-order valence-corrected chi connectivity index (χ3v) is 5.47. The first kappa shape index (κ1) is 14.9. The Morgan fingerprint density at radius 1 is 1.24 bits per heavy atom. The topological polar surface area (TPSA) is 61.2 Å². The van der Waals surface area contributed by atoms with E-state index in [9.17, 15) is 4.79 Å². The Morgan fingerprint density at radius 3 is 2.47 bits per heavy atom. The van der Waals surface area contributed by atoms with Crippen LogP contribution in [-0.4, -0.2) is 26.5 Å². The van der Waals surface area contributed by atoms with Gasteiger partial charge in [0.2, 0.25) is 0 Å². The van der Waals surface area contributed by atoms with Crippen LogP contribution in [0.1, 0.15) is 51.4 Å². The predicted molar refractivity (Wildman–Crippen MR) is 76.1 cm³/mol. The van der Waals surface area contributed by atoms with Crippen molar-refractivity contribution in [2.45, 2.75) is 56.6 Å². The third-order valence-electron chi connectivity index (χ3n) is 2.84. The van der Waals surface area contributed by atoms with Crippen LogP contribution < -0.4 is 0 Å². The van der Waals surface area contributed by atoms with Gasteiger partial charge in [0.25, 0.3) is 0 Å². The molecule has 17 heavy (non-hydrogen) atoms. The summed E-state index contributed by atoms with van der Waals surface area (Å²) >= 11 is 3.40. The Morgan fingerprint density at radius 2 is 1.88 bits per heavy atom. The highest BCUT2D eigenvalue weighted by atomic mass is 32.2. The van der Waals surface area contributed by atoms with Crippen LogP contribution in [0.25, 0.3) is 0 Å². The fourth-order valence-electron chi connectivity index (χ4n) is 1.89. The second-order valence-corrected chi connectivity index (χ2v) is 6.99. The summed E-state index contributed by atoms with van der Waals surface area (Å²) in [6.45, 7) is 0. The fraction of sp³-hybridized carbons (Fsp3) is 0.833. The first-order chi connectivity index (χ1) is 8.18. The summed E-state index contributed by atoms with van der Waals surface area (Å²) in [6, 6.07) is 0. The number of hydrogen-bond acceptors (Lipinski definition) is 4. The van der Waals surface area contributed by atoms with E-state index in [1.54, 1.807) is 23.5 Å². The molecule has 1 atom stereocenters. The second-order valence-electron chi connectivity index (χ2n) is 4.39. The van der Waals surface area contributed by atoms with Crippen LogP contribution in [-0.2, 0) is 4.79 Å². The molecule has 0 spiro atoms. The van der Waals surface area contributed by atoms with Crippen molar-refractivity contribution >= 4 is 33.9 Å². The van der Waals surface area contributed by atoms with Gasteiger partial charge in [-0.3, -0.25) is 10.2 Å². The lowest BCUT2D eigenvalue weighted by Gasteiger charge is -2.06. The van der Waals surface area contributed by atoms with Crippen molar-refractivity contribution in [3.8, 4) is 0 Å². The van der Waals surface area contributed by atoms with E-state index in [0.29, 0.717) is 11.7 Å². The molecule has 98 valence electrons. The molecule has 1 saturated heterocycles. The molecular weight excluding hydrogens is 254 g/mol. The number of carbonyl (C=O) groups is 1. The van der Waals surface area contributed by atoms with E-state index >= 15 is 0 Å². The molecule has 1 heterocycles. The van der Waals surface area contributed by atoms with Gasteiger partial charge in [-0.25, -0.2) is 0 Å². The molecule has 1 aliphatic heterocycles. The monoisotopic (exact) mass is 275 g/mol. The molecule has 1 aliphatic rings. The van der Waals surface area contributed by atoms with E-state index in [-0.39, 0.29) is 0 Å². The van der Waals surface area contributed by atoms with E-state index in [0.717, 1.165) is 29.4 Å². The second kappa shape index (κ2) is 8.86. The highest BCUT2D eigenvalue weighted by molar-refractivity contribution is 8.41. The van der Waals surface area contributed by atoms with E-state index in [1.807, 2.05) is 0 Å². The van der Waals surface area contributed by atoms with Crippen molar-refractivity contribution in [1.82, 2.24) is 0 Å². The summed E-state index contributed by atoms with van der Waals surface area (Å²) in [4.78, 5) is 10.3. The van der Waals surface area contributed by atoms with Gasteiger partial charge in [-0.1, -0.05) is 55.6 Å². The Balaban J connectivity index is 1.81. The molecule has 1 fully saturated rings. The number of hydrogen-bond donors (Lipinski definition) is 2. The van der Waals surface area contributed by atoms with Crippen molar-refractivity contribution in [3.05, 3.63) is 0 Å². The van der Waals surface area contributed by atoms with Gasteiger partial charge >= 0.3 is 5.97 Å². The van der Waals surface area contributed by atoms with Gasteiger partial charge in [0.05, 0.1) is 0 Å². The van der Waals surface area contributed by atoms with Gasteiger partial charge in [-0.15, -0.1) is 0 Å². The van der Waals surface area contributed by atoms with Crippen molar-refractivity contribution in [2.75, 3.05) is 5.75 Å². The number of aliphatic carboxylic acids is 1. The van der Waals surface area contributed by atoms with E-state index in [4.69, 9.17) is 10.5 Å². The summed E-state index contributed by atoms with van der Waals surface area (Å²) in [6.07, 6.45) is 8.31. The van der Waals surface area contributed by atoms with Crippen LogP contribution in [0, 0.1) is 5.41 Å². The van der Waals surface area contributed by atoms with Gasteiger partial charge in [0.1, 0.15) is 4.38 Å². The average Bonchev–Trinajstić information content (AvgIpc) is 2.68. The van der Waals surface area contributed by atoms with Crippen molar-refractivity contribution in [2.24, 2.45) is 0 Å². The van der Waals surface area contributed by atoms with E-state index < -0.39 is 5.97 Å². The molecule has 2 N–H and O–H groups in total. The first-order valence-corrected chi connectivity index (χ1v) is 8.15. The van der Waals surface area contributed by atoms with Crippen molar-refractivity contribution < 1.29 is 9.90 Å². The predicted octanol–water partition coefficient (Wildman–Crippen LogP) is 3.98. The molecule has 0 aliphatic carbocycles. The molecule has 1 rings (SSSR count). The molecule has 1 unspecified atom stereocenters. The van der Waals surface area contributed by atoms with Crippen LogP contribution >= 0.6 is 23.5 Å². The molecule has 0 amide bonds. The quantitative estimate of drug-likeness (QED) is 0.625. The maximum atomic E-state index is 10.3. The minimum absolute atomic E-state index is 0.318. The SMILES string of the molecule is N=C1SCC(CCCCCCCCC(=O)O)S1. The highest BCUT2D eigenvalue weighted by Gasteiger charge is 2.20. The molecule has 0 aromatic heterocycles. The Labute approximate surface area is 112 Å². The fourth-order valence-corrected chi connectivity index (χ4v) is 4.34. The van der Waals surface area contributed by atoms with Crippen LogP contribution in [0.2, 0.25) is 0 Å². The number of unbranched alkanes of at least 4 members (excludes halogenated alkanes) is 5. The number of nitrogens with one attached hydrogen (secondary N) is 1. The maximum absolute atomic E-state index is 10.3. The molecule has 0 radical (unpaired) electrons. The Kier molecular flexibility index (Phi) is 7.77. The number of rotatable bonds is 9. The summed E-state index contributed by atoms with van der Waals surface area (Å²) in [7, 11) is 0. The number of carboxylic acids is 1. The largest absolute Gasteiger partial charge is 0.481 e. The highest BCUT2D eigenvalue weighted by Crippen LogP contribution is 2.34. The van der Waals surface area contributed by atoms with Crippen molar-refractivity contribution in [3.63, 3.8) is 0 Å². The summed E-state index contributed by atoms with van der Waals surface area (Å²) in [5.41, 5.74) is 0. The first-order valence-electron chi connectivity index (χ1n) is 6.28. The van der Waals surface area contributed by atoms with Gasteiger partial charge in [0, 0.05) is 17.4 Å². The molecule has 0 aromatic carbocycles. The maximum Gasteiger partial charge on any atom is 0.303 e. The molecule has 0 aromatic rings. The number of thioether (sulfide) groups is 2. The normalized spacial score (nSPS) is 19.8. The van der Waals surface area contributed by atoms with Gasteiger partial charge in [-0.05, 0) is 12.8 Å². The van der Waals surface area contributed by atoms with Gasteiger partial charge in [-0.2, -0.15) is 0 Å². The number of carboxylic acid groups (broad SMARTS) is 1. The summed E-state index contributed by atoms with van der Waals surface area (Å²) in [5.74, 6) is 0.436. The lowest BCUT2D eigenvalue weighted by atomic mass is 10.1. The molecule has 3 nitrogen and oxygen atoms in total. The molecule has 0 saturated carbocycles. The minimum Gasteiger partial charge on any atom is -0.481 e. The molecular formula is C12H21NO2S2. The van der Waals surface area contributed by atoms with E-state index in [1.165, 1.54) is 25.7 Å².